The SMILES string of the molecule is Cc1c(-c2ccc3c(c2)c2ccccc2n3-c2ccc(C#N)cc2)cc(-c2cc(-c3ccc4c(c3)c3ccccc3n4-c3ccc(C#N)cc3)c(C)c(-c3ccc4c(c3)c3ccccc3n4-c3ccc(C#N)cc3)c2)cc1-c1ccc2c(c1)c1ccccc1n2-c1ccc(C#N)cc1. The summed E-state index contributed by atoms with van der Waals surface area (Å²) in [5, 5.41) is 48.2. The summed E-state index contributed by atoms with van der Waals surface area (Å²) in [4.78, 5) is 0. The van der Waals surface area contributed by atoms with Crippen LogP contribution in [0.15, 0.2) is 291 Å². The van der Waals surface area contributed by atoms with Gasteiger partial charge in [0.05, 0.1) is 90.7 Å². The van der Waals surface area contributed by atoms with Crippen LogP contribution in [0.25, 0.3) is 166 Å². The number of hydrogen-bond acceptors (Lipinski definition) is 4. The van der Waals surface area contributed by atoms with E-state index in [0.29, 0.717) is 22.3 Å². The van der Waals surface area contributed by atoms with Gasteiger partial charge in [-0.15, -0.1) is 0 Å². The lowest BCUT2D eigenvalue weighted by atomic mass is 9.84. The zero-order valence-electron chi connectivity index (χ0n) is 53.3. The first-order valence-electron chi connectivity index (χ1n) is 32.7. The number of hydrogen-bond donors (Lipinski definition) is 0. The van der Waals surface area contributed by atoms with Crippen molar-refractivity contribution in [1.29, 1.82) is 21.0 Å². The highest BCUT2D eigenvalue weighted by Gasteiger charge is 2.23. The Kier molecular flexibility index (Phi) is 13.1. The molecule has 0 radical (unpaired) electrons. The number of para-hydroxylation sites is 4. The fraction of sp³-hybridized carbons (Fsp3) is 0.0222. The van der Waals surface area contributed by atoms with E-state index in [1.54, 1.807) is 0 Å². The number of fused-ring (bicyclic) bond motifs is 12. The molecule has 0 unspecified atom stereocenters. The van der Waals surface area contributed by atoms with Crippen molar-refractivity contribution < 1.29 is 0 Å². The second kappa shape index (κ2) is 22.5. The van der Waals surface area contributed by atoms with E-state index in [2.05, 4.69) is 251 Å². The summed E-state index contributed by atoms with van der Waals surface area (Å²) >= 11 is 0. The molecule has 0 saturated heterocycles. The summed E-state index contributed by atoms with van der Waals surface area (Å²) < 4.78 is 9.20. The lowest BCUT2D eigenvalue weighted by Gasteiger charge is -2.20. The standard InChI is InChI=1S/C90H54N8/c1-55-75(61-27-39-87-79(43-61)71-11-3-7-15-83(71)95(87)67-31-19-57(51-91)20-32-67)47-65(48-76(55)62-28-40-88-80(44-62)72-12-4-8-16-84(72)96(88)68-33-21-58(52-92)22-34-68)66-49-77(63-29-41-89-81(45-63)73-13-5-9-17-85(73)97(89)69-35-23-59(53-93)24-36-69)56(2)78(50-66)64-30-42-90-82(46-64)74-14-6-10-18-86(74)98(90)70-37-25-60(54-94)26-38-70/h3-50H,1-2H3. The van der Waals surface area contributed by atoms with Crippen molar-refractivity contribution in [3.05, 3.63) is 325 Å². The summed E-state index contributed by atoms with van der Waals surface area (Å²) in [7, 11) is 0. The van der Waals surface area contributed by atoms with Gasteiger partial charge in [0.2, 0.25) is 0 Å². The molecule has 0 aliphatic rings. The third kappa shape index (κ3) is 8.95. The van der Waals surface area contributed by atoms with E-state index in [0.717, 1.165) is 177 Å². The molecule has 4 heterocycles. The Balaban J connectivity index is 0.894. The number of nitriles is 4. The van der Waals surface area contributed by atoms with Crippen molar-refractivity contribution in [3.63, 3.8) is 0 Å². The van der Waals surface area contributed by atoms with Gasteiger partial charge in [0.15, 0.2) is 0 Å². The maximum atomic E-state index is 9.78. The van der Waals surface area contributed by atoms with Gasteiger partial charge in [-0.25, -0.2) is 0 Å². The van der Waals surface area contributed by atoms with Crippen LogP contribution < -0.4 is 0 Å². The molecule has 0 N–H and O–H groups in total. The molecule has 4 aromatic heterocycles. The molecule has 0 bridgehead atoms. The van der Waals surface area contributed by atoms with Gasteiger partial charge in [0, 0.05) is 65.8 Å². The van der Waals surface area contributed by atoms with Crippen LogP contribution in [0.2, 0.25) is 0 Å². The van der Waals surface area contributed by atoms with Crippen LogP contribution in [0, 0.1) is 59.2 Å². The van der Waals surface area contributed by atoms with Crippen LogP contribution in [0.4, 0.5) is 0 Å². The van der Waals surface area contributed by atoms with E-state index >= 15 is 0 Å². The molecule has 0 aliphatic heterocycles. The highest BCUT2D eigenvalue weighted by Crippen LogP contribution is 2.47. The zero-order chi connectivity index (χ0) is 65.9. The molecule has 0 amide bonds. The summed E-state index contributed by atoms with van der Waals surface area (Å²) in [6, 6.07) is 112. The number of benzene rings is 14. The van der Waals surface area contributed by atoms with Crippen LogP contribution >= 0.6 is 0 Å². The van der Waals surface area contributed by atoms with Crippen LogP contribution in [0.5, 0.6) is 0 Å². The summed E-state index contributed by atoms with van der Waals surface area (Å²) in [5.74, 6) is 0. The second-order valence-corrected chi connectivity index (χ2v) is 25.4. The molecule has 0 atom stereocenters. The van der Waals surface area contributed by atoms with Gasteiger partial charge in [-0.2, -0.15) is 21.0 Å². The molecule has 98 heavy (non-hydrogen) atoms. The summed E-state index contributed by atoms with van der Waals surface area (Å²) in [6.45, 7) is 4.53. The lowest BCUT2D eigenvalue weighted by molar-refractivity contribution is 1.18. The topological polar surface area (TPSA) is 115 Å². The minimum atomic E-state index is 0.614. The Labute approximate surface area is 564 Å². The van der Waals surface area contributed by atoms with Crippen molar-refractivity contribution in [2.24, 2.45) is 0 Å². The number of aromatic nitrogens is 4. The van der Waals surface area contributed by atoms with Gasteiger partial charge in [-0.1, -0.05) is 97.1 Å². The van der Waals surface area contributed by atoms with Crippen LogP contribution in [0.3, 0.4) is 0 Å². The van der Waals surface area contributed by atoms with Gasteiger partial charge in [0.1, 0.15) is 0 Å². The van der Waals surface area contributed by atoms with Crippen molar-refractivity contribution in [3.8, 4) is 103 Å². The van der Waals surface area contributed by atoms with Crippen LogP contribution in [-0.4, -0.2) is 18.3 Å². The molecule has 18 rings (SSSR count). The second-order valence-electron chi connectivity index (χ2n) is 25.4. The van der Waals surface area contributed by atoms with Gasteiger partial charge >= 0.3 is 0 Å². The predicted molar refractivity (Wildman–Crippen MR) is 399 cm³/mol. The van der Waals surface area contributed by atoms with E-state index in [4.69, 9.17) is 0 Å². The minimum Gasteiger partial charge on any atom is -0.309 e. The first kappa shape index (κ1) is 56.9. The molecule has 0 spiro atoms. The van der Waals surface area contributed by atoms with E-state index in [1.807, 2.05) is 97.1 Å². The number of nitrogens with zero attached hydrogens (tertiary/aromatic N) is 8. The Morgan fingerprint density at radius 2 is 0.408 bits per heavy atom. The molecule has 0 aliphatic carbocycles. The maximum Gasteiger partial charge on any atom is 0.0991 e. The first-order chi connectivity index (χ1) is 48.2. The molecule has 18 aromatic rings. The van der Waals surface area contributed by atoms with Gasteiger partial charge in [-0.05, 0) is 275 Å². The Bertz CT molecular complexity index is 5790. The van der Waals surface area contributed by atoms with Gasteiger partial charge < -0.3 is 18.3 Å². The lowest BCUT2D eigenvalue weighted by Crippen LogP contribution is -1.96. The monoisotopic (exact) mass is 1250 g/mol. The van der Waals surface area contributed by atoms with Gasteiger partial charge in [-0.3, -0.25) is 0 Å². The Morgan fingerprint density at radius 1 is 0.204 bits per heavy atom. The average molecular weight is 1250 g/mol. The fourth-order valence-electron chi connectivity index (χ4n) is 15.4. The Hall–Kier alpha value is -13.8. The molecular weight excluding hydrogens is 1190 g/mol. The molecule has 8 heteroatoms. The van der Waals surface area contributed by atoms with E-state index < -0.39 is 0 Å². The molecule has 0 fully saturated rings. The number of rotatable bonds is 9. The minimum absolute atomic E-state index is 0.614. The van der Waals surface area contributed by atoms with Crippen molar-refractivity contribution >= 4 is 87.2 Å². The van der Waals surface area contributed by atoms with Crippen molar-refractivity contribution in [2.45, 2.75) is 13.8 Å². The van der Waals surface area contributed by atoms with E-state index in [9.17, 15) is 21.0 Å². The smallest absolute Gasteiger partial charge is 0.0991 e. The van der Waals surface area contributed by atoms with Gasteiger partial charge in [0.25, 0.3) is 0 Å². The van der Waals surface area contributed by atoms with Crippen molar-refractivity contribution in [2.75, 3.05) is 0 Å². The summed E-state index contributed by atoms with van der Waals surface area (Å²) in [6.07, 6.45) is 0. The highest BCUT2D eigenvalue weighted by atomic mass is 15.0. The molecule has 454 valence electrons. The maximum absolute atomic E-state index is 9.78. The first-order valence-corrected chi connectivity index (χ1v) is 32.7. The molecule has 14 aromatic carbocycles. The highest BCUT2D eigenvalue weighted by molar-refractivity contribution is 6.15. The third-order valence-corrected chi connectivity index (χ3v) is 20.1. The van der Waals surface area contributed by atoms with E-state index in [1.165, 1.54) is 0 Å². The van der Waals surface area contributed by atoms with E-state index in [-0.39, 0.29) is 0 Å². The summed E-state index contributed by atoms with van der Waals surface area (Å²) in [5.41, 5.74) is 28.1. The normalized spacial score (nSPS) is 11.5. The van der Waals surface area contributed by atoms with Crippen LogP contribution in [0.1, 0.15) is 33.4 Å². The Morgan fingerprint density at radius 3 is 0.622 bits per heavy atom. The fourth-order valence-corrected chi connectivity index (χ4v) is 15.4. The van der Waals surface area contributed by atoms with Crippen molar-refractivity contribution in [1.82, 2.24) is 18.3 Å². The zero-order valence-corrected chi connectivity index (χ0v) is 53.3. The predicted octanol–water partition coefficient (Wildman–Crippen LogP) is 22.5. The average Bonchev–Trinajstić information content (AvgIpc) is 1.45. The van der Waals surface area contributed by atoms with Crippen LogP contribution in [-0.2, 0) is 0 Å². The molecule has 8 nitrogen and oxygen atoms in total. The largest absolute Gasteiger partial charge is 0.309 e. The quantitative estimate of drug-likeness (QED) is 0.143. The molecular formula is C90H54N8. The third-order valence-electron chi connectivity index (χ3n) is 20.1. The molecule has 0 saturated carbocycles.